The van der Waals surface area contributed by atoms with E-state index in [4.69, 9.17) is 5.11 Å². The molecule has 0 aliphatic heterocycles. The lowest BCUT2D eigenvalue weighted by Gasteiger charge is -2.07. The smallest absolute Gasteiger partial charge is 0.303 e. The highest BCUT2D eigenvalue weighted by atomic mass is 16.4. The summed E-state index contributed by atoms with van der Waals surface area (Å²) in [4.78, 5) is 10.3. The van der Waals surface area contributed by atoms with Crippen molar-refractivity contribution in [2.45, 2.75) is 104 Å². The van der Waals surface area contributed by atoms with Gasteiger partial charge in [0.1, 0.15) is 0 Å². The van der Waals surface area contributed by atoms with Gasteiger partial charge in [-0.05, 0) is 44.4 Å². The monoisotopic (exact) mass is 336 g/mol. The van der Waals surface area contributed by atoms with E-state index >= 15 is 0 Å². The van der Waals surface area contributed by atoms with Crippen LogP contribution in [0, 0.1) is 5.92 Å². The van der Waals surface area contributed by atoms with Crippen LogP contribution in [-0.2, 0) is 4.79 Å². The summed E-state index contributed by atoms with van der Waals surface area (Å²) in [5.41, 5.74) is 0. The summed E-state index contributed by atoms with van der Waals surface area (Å²) in [7, 11) is 0. The van der Waals surface area contributed by atoms with Crippen molar-refractivity contribution in [1.29, 1.82) is 0 Å². The first-order valence-corrected chi connectivity index (χ1v) is 10.2. The van der Waals surface area contributed by atoms with E-state index in [1.54, 1.807) is 0 Å². The van der Waals surface area contributed by atoms with E-state index in [1.165, 1.54) is 57.8 Å². The van der Waals surface area contributed by atoms with E-state index < -0.39 is 5.97 Å². The van der Waals surface area contributed by atoms with E-state index in [1.807, 2.05) is 0 Å². The minimum Gasteiger partial charge on any atom is -0.481 e. The molecule has 0 aromatic carbocycles. The lowest BCUT2D eigenvalue weighted by Crippen LogP contribution is -1.92. The van der Waals surface area contributed by atoms with Crippen LogP contribution in [0.5, 0.6) is 0 Å². The zero-order valence-electron chi connectivity index (χ0n) is 16.1. The van der Waals surface area contributed by atoms with Crippen molar-refractivity contribution in [1.82, 2.24) is 0 Å². The maximum atomic E-state index is 10.3. The van der Waals surface area contributed by atoms with Gasteiger partial charge >= 0.3 is 5.97 Å². The van der Waals surface area contributed by atoms with Crippen LogP contribution in [-0.4, -0.2) is 11.1 Å². The van der Waals surface area contributed by atoms with E-state index in [0.29, 0.717) is 0 Å². The van der Waals surface area contributed by atoms with Gasteiger partial charge in [-0.25, -0.2) is 0 Å². The SMILES string of the molecule is CCC(C)CCCCCCCCC=CCCC=CCCCC(=O)O. The second kappa shape index (κ2) is 18.3. The molecule has 0 aliphatic carbocycles. The number of rotatable bonds is 17. The summed E-state index contributed by atoms with van der Waals surface area (Å²) < 4.78 is 0. The second-order valence-electron chi connectivity index (χ2n) is 7.02. The molecule has 140 valence electrons. The Labute approximate surface area is 150 Å². The van der Waals surface area contributed by atoms with Crippen LogP contribution in [0.15, 0.2) is 24.3 Å². The van der Waals surface area contributed by atoms with E-state index in [2.05, 4.69) is 38.2 Å². The van der Waals surface area contributed by atoms with Gasteiger partial charge in [0.05, 0.1) is 0 Å². The molecule has 0 amide bonds. The van der Waals surface area contributed by atoms with Crippen molar-refractivity contribution in [2.75, 3.05) is 0 Å². The molecule has 0 saturated carbocycles. The maximum absolute atomic E-state index is 10.3. The topological polar surface area (TPSA) is 37.3 Å². The molecule has 0 rings (SSSR count). The van der Waals surface area contributed by atoms with Crippen LogP contribution in [0.4, 0.5) is 0 Å². The molecule has 0 saturated heterocycles. The van der Waals surface area contributed by atoms with Crippen molar-refractivity contribution in [3.63, 3.8) is 0 Å². The fraction of sp³-hybridized carbons (Fsp3) is 0.773. The molecule has 0 aliphatic rings. The van der Waals surface area contributed by atoms with Crippen molar-refractivity contribution in [3.05, 3.63) is 24.3 Å². The van der Waals surface area contributed by atoms with Gasteiger partial charge in [-0.2, -0.15) is 0 Å². The number of hydrogen-bond donors (Lipinski definition) is 1. The Kier molecular flexibility index (Phi) is 17.5. The highest BCUT2D eigenvalue weighted by Gasteiger charge is 1.97. The minimum atomic E-state index is -0.697. The van der Waals surface area contributed by atoms with Gasteiger partial charge in [-0.3, -0.25) is 4.79 Å². The Hall–Kier alpha value is -1.05. The summed E-state index contributed by atoms with van der Waals surface area (Å²) in [6, 6.07) is 0. The first-order valence-electron chi connectivity index (χ1n) is 10.2. The average molecular weight is 337 g/mol. The molecule has 2 heteroatoms. The summed E-state index contributed by atoms with van der Waals surface area (Å²) >= 11 is 0. The van der Waals surface area contributed by atoms with Gasteiger partial charge in [0.15, 0.2) is 0 Å². The Morgan fingerprint density at radius 1 is 0.792 bits per heavy atom. The highest BCUT2D eigenvalue weighted by molar-refractivity contribution is 5.66. The zero-order valence-corrected chi connectivity index (χ0v) is 16.1. The summed E-state index contributed by atoms with van der Waals surface area (Å²) in [6.45, 7) is 4.65. The predicted octanol–water partition coefficient (Wildman–Crippen LogP) is 7.30. The van der Waals surface area contributed by atoms with Gasteiger partial charge in [-0.1, -0.05) is 83.1 Å². The molecule has 0 aromatic heterocycles. The van der Waals surface area contributed by atoms with Crippen LogP contribution < -0.4 is 0 Å². The Balaban J connectivity index is 3.21. The highest BCUT2D eigenvalue weighted by Crippen LogP contribution is 2.14. The number of aliphatic carboxylic acids is 1. The van der Waals surface area contributed by atoms with Crippen molar-refractivity contribution < 1.29 is 9.90 Å². The summed E-state index contributed by atoms with van der Waals surface area (Å²) in [6.07, 6.45) is 25.3. The fourth-order valence-electron chi connectivity index (χ4n) is 2.70. The van der Waals surface area contributed by atoms with Gasteiger partial charge in [0.25, 0.3) is 0 Å². The lowest BCUT2D eigenvalue weighted by atomic mass is 10.00. The lowest BCUT2D eigenvalue weighted by molar-refractivity contribution is -0.137. The van der Waals surface area contributed by atoms with E-state index in [-0.39, 0.29) is 6.42 Å². The molecule has 0 spiro atoms. The van der Waals surface area contributed by atoms with Crippen molar-refractivity contribution >= 4 is 5.97 Å². The molecule has 0 radical (unpaired) electrons. The number of unbranched alkanes of at least 4 members (excludes halogenated alkanes) is 8. The molecule has 2 nitrogen and oxygen atoms in total. The molecule has 24 heavy (non-hydrogen) atoms. The van der Waals surface area contributed by atoms with E-state index in [0.717, 1.165) is 31.6 Å². The van der Waals surface area contributed by atoms with Crippen LogP contribution in [0.2, 0.25) is 0 Å². The van der Waals surface area contributed by atoms with Gasteiger partial charge in [0, 0.05) is 6.42 Å². The fourth-order valence-corrected chi connectivity index (χ4v) is 2.70. The molecule has 1 unspecified atom stereocenters. The van der Waals surface area contributed by atoms with Crippen LogP contribution >= 0.6 is 0 Å². The summed E-state index contributed by atoms with van der Waals surface area (Å²) in [5, 5.41) is 8.52. The quantitative estimate of drug-likeness (QED) is 0.223. The maximum Gasteiger partial charge on any atom is 0.303 e. The Bertz CT molecular complexity index is 331. The third kappa shape index (κ3) is 19.0. The molecule has 0 fully saturated rings. The minimum absolute atomic E-state index is 0.280. The largest absolute Gasteiger partial charge is 0.481 e. The first-order chi connectivity index (χ1) is 11.7. The van der Waals surface area contributed by atoms with Gasteiger partial charge in [-0.15, -0.1) is 0 Å². The second-order valence-corrected chi connectivity index (χ2v) is 7.02. The standard InChI is InChI=1S/C22H40O2/c1-3-21(2)19-17-15-13-11-9-7-5-4-6-8-10-12-14-16-18-20-22(23)24/h4,6,12,14,21H,3,5,7-11,13,15-20H2,1-2H3,(H,23,24). The first kappa shape index (κ1) is 22.9. The zero-order chi connectivity index (χ0) is 17.9. The number of carboxylic acid groups (broad SMARTS) is 1. The van der Waals surface area contributed by atoms with Crippen LogP contribution in [0.1, 0.15) is 104 Å². The average Bonchev–Trinajstić information content (AvgIpc) is 2.57. The van der Waals surface area contributed by atoms with Crippen molar-refractivity contribution in [3.8, 4) is 0 Å². The van der Waals surface area contributed by atoms with Gasteiger partial charge in [0.2, 0.25) is 0 Å². The molecular formula is C22H40O2. The van der Waals surface area contributed by atoms with Crippen LogP contribution in [0.25, 0.3) is 0 Å². The molecule has 1 atom stereocenters. The number of carboxylic acids is 1. The molecule has 0 aromatic rings. The third-order valence-corrected chi connectivity index (χ3v) is 4.61. The Morgan fingerprint density at radius 3 is 1.88 bits per heavy atom. The molecular weight excluding hydrogens is 296 g/mol. The molecule has 1 N–H and O–H groups in total. The summed E-state index contributed by atoms with van der Waals surface area (Å²) in [5.74, 6) is 0.215. The van der Waals surface area contributed by atoms with Crippen molar-refractivity contribution in [2.24, 2.45) is 5.92 Å². The molecule has 0 bridgehead atoms. The predicted molar refractivity (Wildman–Crippen MR) is 105 cm³/mol. The Morgan fingerprint density at radius 2 is 1.29 bits per heavy atom. The third-order valence-electron chi connectivity index (χ3n) is 4.61. The van der Waals surface area contributed by atoms with E-state index in [9.17, 15) is 4.79 Å². The normalized spacial score (nSPS) is 13.1. The molecule has 0 heterocycles. The van der Waals surface area contributed by atoms with Crippen LogP contribution in [0.3, 0.4) is 0 Å². The number of hydrogen-bond acceptors (Lipinski definition) is 1. The number of carbonyl (C=O) groups is 1. The number of allylic oxidation sites excluding steroid dienone is 4. The van der Waals surface area contributed by atoms with Gasteiger partial charge < -0.3 is 5.11 Å².